The summed E-state index contributed by atoms with van der Waals surface area (Å²) >= 11 is 11.8. The van der Waals surface area contributed by atoms with Crippen molar-refractivity contribution in [1.82, 2.24) is 4.72 Å². The second-order valence-corrected chi connectivity index (χ2v) is 8.08. The van der Waals surface area contributed by atoms with E-state index in [9.17, 15) is 13.2 Å². The van der Waals surface area contributed by atoms with Crippen LogP contribution in [0.3, 0.4) is 0 Å². The minimum absolute atomic E-state index is 0.0692. The molecule has 0 aliphatic rings. The molecule has 1 N–H and O–H groups in total. The fraction of sp³-hybridized carbons (Fsp3) is 0.235. The predicted octanol–water partition coefficient (Wildman–Crippen LogP) is 3.63. The number of aryl methyl sites for hydroxylation is 2. The molecule has 2 aromatic carbocycles. The number of carbonyl (C=O) groups is 1. The summed E-state index contributed by atoms with van der Waals surface area (Å²) in [5.41, 5.74) is 2.41. The molecule has 134 valence electrons. The van der Waals surface area contributed by atoms with Crippen LogP contribution in [0.1, 0.15) is 16.7 Å². The van der Waals surface area contributed by atoms with E-state index in [1.165, 1.54) is 12.1 Å². The van der Waals surface area contributed by atoms with Crippen molar-refractivity contribution in [3.05, 3.63) is 63.1 Å². The fourth-order valence-electron chi connectivity index (χ4n) is 1.97. The monoisotopic (exact) mass is 401 g/mol. The lowest BCUT2D eigenvalue weighted by Gasteiger charge is -2.10. The number of esters is 1. The third-order valence-electron chi connectivity index (χ3n) is 3.60. The molecular weight excluding hydrogens is 385 g/mol. The fourth-order valence-corrected chi connectivity index (χ4v) is 3.48. The summed E-state index contributed by atoms with van der Waals surface area (Å²) in [5, 5.41) is 0.845. The zero-order valence-corrected chi connectivity index (χ0v) is 16.0. The highest BCUT2D eigenvalue weighted by molar-refractivity contribution is 7.89. The van der Waals surface area contributed by atoms with Gasteiger partial charge in [0.2, 0.25) is 10.0 Å². The maximum atomic E-state index is 12.2. The third-order valence-corrected chi connectivity index (χ3v) is 5.58. The van der Waals surface area contributed by atoms with Crippen molar-refractivity contribution in [1.29, 1.82) is 0 Å². The molecule has 0 fully saturated rings. The lowest BCUT2D eigenvalue weighted by Crippen LogP contribution is -2.30. The molecule has 0 radical (unpaired) electrons. The molecule has 25 heavy (non-hydrogen) atoms. The Kier molecular flexibility index (Phi) is 6.46. The van der Waals surface area contributed by atoms with E-state index in [2.05, 4.69) is 4.72 Å². The minimum Gasteiger partial charge on any atom is -0.460 e. The number of nitrogens with one attached hydrogen (secondary N) is 1. The van der Waals surface area contributed by atoms with Crippen LogP contribution < -0.4 is 4.72 Å². The molecule has 0 spiro atoms. The molecule has 0 amide bonds. The maximum Gasteiger partial charge on any atom is 0.321 e. The van der Waals surface area contributed by atoms with E-state index < -0.39 is 22.5 Å². The molecule has 0 saturated heterocycles. The summed E-state index contributed by atoms with van der Waals surface area (Å²) in [4.78, 5) is 11.9. The van der Waals surface area contributed by atoms with Gasteiger partial charge in [0.05, 0.1) is 4.90 Å². The smallest absolute Gasteiger partial charge is 0.321 e. The second-order valence-electron chi connectivity index (χ2n) is 5.47. The Balaban J connectivity index is 1.93. The summed E-state index contributed by atoms with van der Waals surface area (Å²) < 4.78 is 31.7. The average molecular weight is 402 g/mol. The van der Waals surface area contributed by atoms with E-state index >= 15 is 0 Å². The van der Waals surface area contributed by atoms with Gasteiger partial charge < -0.3 is 4.74 Å². The molecule has 8 heteroatoms. The number of halogens is 2. The van der Waals surface area contributed by atoms with Crippen LogP contribution in [-0.4, -0.2) is 20.9 Å². The quantitative estimate of drug-likeness (QED) is 0.749. The Bertz CT molecular complexity index is 898. The predicted molar refractivity (Wildman–Crippen MR) is 97.4 cm³/mol. The first-order chi connectivity index (χ1) is 11.7. The number of carbonyl (C=O) groups excluding carboxylic acids is 1. The Hall–Kier alpha value is -1.60. The maximum absolute atomic E-state index is 12.2. The molecule has 0 aromatic heterocycles. The molecule has 2 rings (SSSR count). The first kappa shape index (κ1) is 19.7. The van der Waals surface area contributed by atoms with Crippen LogP contribution in [0, 0.1) is 13.8 Å². The van der Waals surface area contributed by atoms with Crippen molar-refractivity contribution < 1.29 is 17.9 Å². The summed E-state index contributed by atoms with van der Waals surface area (Å²) in [6.07, 6.45) is 0. The van der Waals surface area contributed by atoms with Gasteiger partial charge in [0.25, 0.3) is 0 Å². The van der Waals surface area contributed by atoms with Crippen molar-refractivity contribution >= 4 is 39.2 Å². The van der Waals surface area contributed by atoms with Crippen molar-refractivity contribution in [2.24, 2.45) is 0 Å². The second kappa shape index (κ2) is 8.19. The van der Waals surface area contributed by atoms with Crippen molar-refractivity contribution in [2.45, 2.75) is 25.3 Å². The van der Waals surface area contributed by atoms with Crippen molar-refractivity contribution in [3.63, 3.8) is 0 Å². The average Bonchev–Trinajstić information content (AvgIpc) is 2.54. The topological polar surface area (TPSA) is 72.5 Å². The number of benzene rings is 2. The van der Waals surface area contributed by atoms with Crippen LogP contribution in [0.25, 0.3) is 0 Å². The summed E-state index contributed by atoms with van der Waals surface area (Å²) in [7, 11) is -3.79. The van der Waals surface area contributed by atoms with Gasteiger partial charge in [-0.05, 0) is 49.2 Å². The highest BCUT2D eigenvalue weighted by Crippen LogP contribution is 2.21. The summed E-state index contributed by atoms with van der Waals surface area (Å²) in [5.74, 6) is -0.710. The van der Waals surface area contributed by atoms with Crippen LogP contribution in [0.2, 0.25) is 10.0 Å². The molecule has 5 nitrogen and oxygen atoms in total. The molecule has 2 aromatic rings. The van der Waals surface area contributed by atoms with Gasteiger partial charge in [-0.1, -0.05) is 35.3 Å². The summed E-state index contributed by atoms with van der Waals surface area (Å²) in [6, 6.07) is 9.55. The van der Waals surface area contributed by atoms with Crippen LogP contribution in [0.5, 0.6) is 0 Å². The summed E-state index contributed by atoms with van der Waals surface area (Å²) in [6.45, 7) is 3.16. The van der Waals surface area contributed by atoms with E-state index in [4.69, 9.17) is 27.9 Å². The van der Waals surface area contributed by atoms with Gasteiger partial charge >= 0.3 is 5.97 Å². The molecular formula is C17H17Cl2NO4S. The molecule has 0 aliphatic heterocycles. The zero-order chi connectivity index (χ0) is 18.6. The Morgan fingerprint density at radius 3 is 2.44 bits per heavy atom. The lowest BCUT2D eigenvalue weighted by molar-refractivity contribution is -0.143. The van der Waals surface area contributed by atoms with E-state index in [0.717, 1.165) is 11.1 Å². The van der Waals surface area contributed by atoms with Crippen LogP contribution >= 0.6 is 23.2 Å². The molecule has 0 saturated carbocycles. The first-order valence-corrected chi connectivity index (χ1v) is 9.59. The van der Waals surface area contributed by atoms with Gasteiger partial charge in [-0.15, -0.1) is 0 Å². The number of ether oxygens (including phenoxy) is 1. The lowest BCUT2D eigenvalue weighted by atomic mass is 10.1. The zero-order valence-electron chi connectivity index (χ0n) is 13.7. The van der Waals surface area contributed by atoms with E-state index in [-0.39, 0.29) is 11.5 Å². The Morgan fingerprint density at radius 1 is 1.08 bits per heavy atom. The largest absolute Gasteiger partial charge is 0.460 e. The third kappa shape index (κ3) is 5.44. The van der Waals surface area contributed by atoms with E-state index in [1.807, 2.05) is 13.8 Å². The van der Waals surface area contributed by atoms with Crippen LogP contribution in [0.4, 0.5) is 0 Å². The molecule has 0 atom stereocenters. The number of rotatable bonds is 6. The van der Waals surface area contributed by atoms with Crippen LogP contribution in [-0.2, 0) is 26.2 Å². The minimum atomic E-state index is -3.79. The molecule has 0 aliphatic carbocycles. The van der Waals surface area contributed by atoms with Crippen molar-refractivity contribution in [3.8, 4) is 0 Å². The van der Waals surface area contributed by atoms with E-state index in [0.29, 0.717) is 15.6 Å². The molecule has 0 bridgehead atoms. The van der Waals surface area contributed by atoms with Gasteiger partial charge in [-0.2, -0.15) is 4.72 Å². The number of hydrogen-bond donors (Lipinski definition) is 1. The number of sulfonamides is 1. The Labute approximate surface area is 157 Å². The van der Waals surface area contributed by atoms with Crippen molar-refractivity contribution in [2.75, 3.05) is 6.54 Å². The van der Waals surface area contributed by atoms with Gasteiger partial charge in [0.1, 0.15) is 13.2 Å². The highest BCUT2D eigenvalue weighted by Gasteiger charge is 2.17. The normalized spacial score (nSPS) is 11.4. The van der Waals surface area contributed by atoms with Gasteiger partial charge in [-0.25, -0.2) is 8.42 Å². The number of hydrogen-bond acceptors (Lipinski definition) is 4. The van der Waals surface area contributed by atoms with Gasteiger partial charge in [0.15, 0.2) is 0 Å². The SMILES string of the molecule is Cc1ccc(S(=O)(=O)NCC(=O)OCc2ccc(Cl)cc2Cl)cc1C. The van der Waals surface area contributed by atoms with E-state index in [1.54, 1.807) is 24.3 Å². The molecule has 0 unspecified atom stereocenters. The molecule has 0 heterocycles. The first-order valence-electron chi connectivity index (χ1n) is 7.35. The van der Waals surface area contributed by atoms with Crippen LogP contribution in [0.15, 0.2) is 41.3 Å². The highest BCUT2D eigenvalue weighted by atomic mass is 35.5. The van der Waals surface area contributed by atoms with Gasteiger partial charge in [-0.3, -0.25) is 4.79 Å². The standard InChI is InChI=1S/C17H17Cl2NO4S/c1-11-3-6-15(7-12(11)2)25(22,23)20-9-17(21)24-10-13-4-5-14(18)8-16(13)19/h3-8,20H,9-10H2,1-2H3. The Morgan fingerprint density at radius 2 is 1.80 bits per heavy atom. The van der Waals surface area contributed by atoms with Gasteiger partial charge in [0, 0.05) is 15.6 Å².